The zero-order chi connectivity index (χ0) is 10.4. The van der Waals surface area contributed by atoms with E-state index in [1.165, 1.54) is 6.92 Å². The molecule has 0 bridgehead atoms. The van der Waals surface area contributed by atoms with Gasteiger partial charge in [0.1, 0.15) is 6.04 Å². The first-order valence-corrected chi connectivity index (χ1v) is 3.65. The van der Waals surface area contributed by atoms with E-state index < -0.39 is 23.9 Å². The van der Waals surface area contributed by atoms with E-state index in [1.54, 1.807) is 0 Å². The van der Waals surface area contributed by atoms with Crippen LogP contribution in [0.2, 0.25) is 0 Å². The Morgan fingerprint density at radius 3 is 2.07 bits per heavy atom. The molecule has 0 aromatic carbocycles. The van der Waals surface area contributed by atoms with Gasteiger partial charge in [-0.25, -0.2) is 4.79 Å². The average Bonchev–Trinajstić information content (AvgIpc) is 1.96. The van der Waals surface area contributed by atoms with Gasteiger partial charge in [-0.15, -0.1) is 0 Å². The first-order valence-electron chi connectivity index (χ1n) is 3.65. The molecule has 0 saturated heterocycles. The van der Waals surface area contributed by atoms with Crippen LogP contribution in [0.3, 0.4) is 0 Å². The zero-order valence-electron chi connectivity index (χ0n) is 7.41. The summed E-state index contributed by atoms with van der Waals surface area (Å²) in [5, 5.41) is 18.9. The Bertz CT molecular complexity index is 230. The van der Waals surface area contributed by atoms with E-state index in [9.17, 15) is 14.4 Å². The topological polar surface area (TPSA) is 104 Å². The molecule has 1 atom stereocenters. The van der Waals surface area contributed by atoms with E-state index in [1.807, 2.05) is 0 Å². The van der Waals surface area contributed by atoms with Crippen LogP contribution in [0.25, 0.3) is 0 Å². The van der Waals surface area contributed by atoms with E-state index in [-0.39, 0.29) is 35.2 Å². The monoisotopic (exact) mass is 296 g/mol. The smallest absolute Gasteiger partial charge is 0.326 e. The molecule has 3 N–H and O–H groups in total. The van der Waals surface area contributed by atoms with E-state index in [2.05, 4.69) is 5.32 Å². The van der Waals surface area contributed by atoms with Gasteiger partial charge in [0.05, 0.1) is 0 Å². The van der Waals surface area contributed by atoms with Crippen LogP contribution in [-0.4, -0.2) is 34.1 Å². The van der Waals surface area contributed by atoms with Crippen molar-refractivity contribution >= 4 is 17.8 Å². The minimum atomic E-state index is -1.23. The van der Waals surface area contributed by atoms with E-state index in [4.69, 9.17) is 10.2 Å². The SMILES string of the molecule is CC(=O)N[C@@H](CCC(=O)O)C(=O)O.[Ag]. The van der Waals surface area contributed by atoms with Crippen molar-refractivity contribution in [3.63, 3.8) is 0 Å². The summed E-state index contributed by atoms with van der Waals surface area (Å²) in [6.45, 7) is 1.18. The number of aliphatic carboxylic acids is 2. The van der Waals surface area contributed by atoms with Crippen LogP contribution in [0.5, 0.6) is 0 Å². The molecule has 1 radical (unpaired) electrons. The number of carbonyl (C=O) groups is 3. The number of carboxylic acid groups (broad SMARTS) is 2. The first-order chi connectivity index (χ1) is 5.93. The van der Waals surface area contributed by atoms with Crippen molar-refractivity contribution in [2.75, 3.05) is 0 Å². The van der Waals surface area contributed by atoms with Crippen LogP contribution < -0.4 is 5.32 Å². The summed E-state index contributed by atoms with van der Waals surface area (Å²) >= 11 is 0. The second-order valence-corrected chi connectivity index (χ2v) is 2.52. The molecule has 0 saturated carbocycles. The molecule has 0 aromatic heterocycles. The third kappa shape index (κ3) is 7.78. The molecule has 6 nitrogen and oxygen atoms in total. The van der Waals surface area contributed by atoms with Gasteiger partial charge in [-0.1, -0.05) is 0 Å². The molecule has 0 aromatic rings. The van der Waals surface area contributed by atoms with Gasteiger partial charge in [-0.3, -0.25) is 9.59 Å². The minimum absolute atomic E-state index is 0. The number of amides is 1. The molecule has 85 valence electrons. The summed E-state index contributed by atoms with van der Waals surface area (Å²) in [5.74, 6) is -2.80. The maximum atomic E-state index is 10.5. The number of nitrogens with one attached hydrogen (secondary N) is 1. The predicted molar refractivity (Wildman–Crippen MR) is 42.1 cm³/mol. The Balaban J connectivity index is 0. The molecular formula is C7H11AgNO5. The van der Waals surface area contributed by atoms with Gasteiger partial charge < -0.3 is 15.5 Å². The molecule has 1 amide bonds. The Labute approximate surface area is 96.2 Å². The molecule has 0 aliphatic carbocycles. The molecule has 0 rings (SSSR count). The van der Waals surface area contributed by atoms with E-state index >= 15 is 0 Å². The fourth-order valence-corrected chi connectivity index (χ4v) is 0.771. The van der Waals surface area contributed by atoms with Crippen molar-refractivity contribution in [1.29, 1.82) is 0 Å². The van der Waals surface area contributed by atoms with Crippen LogP contribution in [0, 0.1) is 0 Å². The normalized spacial score (nSPS) is 10.9. The Hall–Kier alpha value is -0.850. The summed E-state index contributed by atoms with van der Waals surface area (Å²) in [4.78, 5) is 31.0. The molecule has 0 heterocycles. The third-order valence-electron chi connectivity index (χ3n) is 1.32. The van der Waals surface area contributed by atoms with Gasteiger partial charge in [0.25, 0.3) is 0 Å². The quantitative estimate of drug-likeness (QED) is 0.590. The maximum Gasteiger partial charge on any atom is 0.326 e. The fourth-order valence-electron chi connectivity index (χ4n) is 0.771. The maximum absolute atomic E-state index is 10.5. The number of carboxylic acids is 2. The van der Waals surface area contributed by atoms with Gasteiger partial charge in [0.2, 0.25) is 5.91 Å². The first kappa shape index (κ1) is 15.6. The van der Waals surface area contributed by atoms with Crippen molar-refractivity contribution < 1.29 is 47.0 Å². The molecule has 0 spiro atoms. The third-order valence-corrected chi connectivity index (χ3v) is 1.32. The molecule has 0 unspecified atom stereocenters. The van der Waals surface area contributed by atoms with Crippen molar-refractivity contribution in [2.45, 2.75) is 25.8 Å². The number of rotatable bonds is 5. The summed E-state index contributed by atoms with van der Waals surface area (Å²) in [5.41, 5.74) is 0. The van der Waals surface area contributed by atoms with E-state index in [0.29, 0.717) is 0 Å². The Morgan fingerprint density at radius 1 is 1.29 bits per heavy atom. The molecule has 0 aliphatic heterocycles. The van der Waals surface area contributed by atoms with Crippen molar-refractivity contribution in [3.05, 3.63) is 0 Å². The van der Waals surface area contributed by atoms with Crippen molar-refractivity contribution in [1.82, 2.24) is 5.32 Å². The summed E-state index contributed by atoms with van der Waals surface area (Å²) < 4.78 is 0. The zero-order valence-corrected chi connectivity index (χ0v) is 8.89. The Morgan fingerprint density at radius 2 is 1.79 bits per heavy atom. The Kier molecular flexibility index (Phi) is 8.41. The van der Waals surface area contributed by atoms with Crippen molar-refractivity contribution in [2.24, 2.45) is 0 Å². The number of hydrogen-bond donors (Lipinski definition) is 3. The largest absolute Gasteiger partial charge is 0.481 e. The minimum Gasteiger partial charge on any atom is -0.481 e. The van der Waals surface area contributed by atoms with Crippen molar-refractivity contribution in [3.8, 4) is 0 Å². The molecule has 7 heteroatoms. The van der Waals surface area contributed by atoms with Crippen LogP contribution in [0.15, 0.2) is 0 Å². The molecular weight excluding hydrogens is 286 g/mol. The second kappa shape index (κ2) is 7.54. The average molecular weight is 297 g/mol. The van der Waals surface area contributed by atoms with Crippen LogP contribution in [0.1, 0.15) is 19.8 Å². The van der Waals surface area contributed by atoms with Gasteiger partial charge in [0.15, 0.2) is 0 Å². The predicted octanol–water partition coefficient (Wildman–Crippen LogP) is -0.562. The number of hydrogen-bond acceptors (Lipinski definition) is 3. The van der Waals surface area contributed by atoms with Crippen LogP contribution >= 0.6 is 0 Å². The van der Waals surface area contributed by atoms with Gasteiger partial charge in [0, 0.05) is 35.7 Å². The summed E-state index contributed by atoms with van der Waals surface area (Å²) in [6, 6.07) is -1.12. The standard InChI is InChI=1S/C7H11NO5.Ag/c1-4(9)8-5(7(12)13)2-3-6(10)11;/h5H,2-3H2,1H3,(H,8,9)(H,10,11)(H,12,13);/t5-;/m0./s1. The van der Waals surface area contributed by atoms with Gasteiger partial charge in [-0.2, -0.15) is 0 Å². The van der Waals surface area contributed by atoms with Gasteiger partial charge in [-0.05, 0) is 6.42 Å². The molecule has 0 fully saturated rings. The number of carbonyl (C=O) groups excluding carboxylic acids is 1. The summed E-state index contributed by atoms with van der Waals surface area (Å²) in [7, 11) is 0. The molecule has 14 heavy (non-hydrogen) atoms. The van der Waals surface area contributed by atoms with E-state index in [0.717, 1.165) is 0 Å². The van der Waals surface area contributed by atoms with Crippen LogP contribution in [0.4, 0.5) is 0 Å². The summed E-state index contributed by atoms with van der Waals surface area (Å²) in [6.07, 6.45) is -0.387. The van der Waals surface area contributed by atoms with Crippen LogP contribution in [-0.2, 0) is 36.8 Å². The van der Waals surface area contributed by atoms with Gasteiger partial charge >= 0.3 is 11.9 Å². The fraction of sp³-hybridized carbons (Fsp3) is 0.571. The second-order valence-electron chi connectivity index (χ2n) is 2.52. The molecule has 0 aliphatic rings.